The zero-order chi connectivity index (χ0) is 18.8. The number of nitrogens with zero attached hydrogens (tertiary/aromatic N) is 2. The molecule has 138 valence electrons. The molecule has 7 nitrogen and oxygen atoms in total. The number of carbonyl (C=O) groups is 1. The maximum Gasteiger partial charge on any atom is 0.255 e. The molecule has 3 heterocycles. The van der Waals surface area contributed by atoms with E-state index in [9.17, 15) is 14.7 Å². The number of hydrogen-bond acceptors (Lipinski definition) is 5. The monoisotopic (exact) mass is 365 g/mol. The fourth-order valence-electron chi connectivity index (χ4n) is 3.30. The van der Waals surface area contributed by atoms with Crippen LogP contribution in [0.3, 0.4) is 0 Å². The molecule has 0 bridgehead atoms. The van der Waals surface area contributed by atoms with Crippen molar-refractivity contribution >= 4 is 16.8 Å². The molecule has 1 fully saturated rings. The summed E-state index contributed by atoms with van der Waals surface area (Å²) in [5.74, 6) is 0.447. The first-order valence-corrected chi connectivity index (χ1v) is 8.78. The van der Waals surface area contributed by atoms with E-state index in [0.29, 0.717) is 24.3 Å². The van der Waals surface area contributed by atoms with Gasteiger partial charge in [-0.15, -0.1) is 0 Å². The van der Waals surface area contributed by atoms with E-state index in [0.717, 1.165) is 10.9 Å². The van der Waals surface area contributed by atoms with Gasteiger partial charge in [-0.1, -0.05) is 6.07 Å². The van der Waals surface area contributed by atoms with Gasteiger partial charge in [0, 0.05) is 36.8 Å². The number of ether oxygens (including phenoxy) is 1. The van der Waals surface area contributed by atoms with Crippen molar-refractivity contribution in [2.75, 3.05) is 13.1 Å². The Morgan fingerprint density at radius 3 is 2.89 bits per heavy atom. The first-order chi connectivity index (χ1) is 13.1. The lowest BCUT2D eigenvalue weighted by Crippen LogP contribution is -2.51. The third kappa shape index (κ3) is 3.54. The summed E-state index contributed by atoms with van der Waals surface area (Å²) in [6.45, 7) is 0.633. The second-order valence-electron chi connectivity index (χ2n) is 6.53. The van der Waals surface area contributed by atoms with Gasteiger partial charge in [0.1, 0.15) is 18.0 Å². The molecule has 1 amide bonds. The van der Waals surface area contributed by atoms with E-state index in [1.54, 1.807) is 11.1 Å². The Balaban J connectivity index is 1.46. The second kappa shape index (κ2) is 7.20. The lowest BCUT2D eigenvalue weighted by Gasteiger charge is -2.36. The zero-order valence-corrected chi connectivity index (χ0v) is 14.5. The van der Waals surface area contributed by atoms with Crippen molar-refractivity contribution < 1.29 is 14.6 Å². The van der Waals surface area contributed by atoms with E-state index >= 15 is 0 Å². The van der Waals surface area contributed by atoms with Gasteiger partial charge < -0.3 is 19.7 Å². The maximum absolute atomic E-state index is 12.5. The van der Waals surface area contributed by atoms with E-state index in [2.05, 4.69) is 9.97 Å². The van der Waals surface area contributed by atoms with Gasteiger partial charge in [-0.3, -0.25) is 14.6 Å². The molecule has 1 aromatic carbocycles. The first kappa shape index (κ1) is 17.2. The molecule has 7 heteroatoms. The normalized spacial score (nSPS) is 19.8. The van der Waals surface area contributed by atoms with Crippen LogP contribution in [0.2, 0.25) is 0 Å². The number of β-amino-alcohol motifs (C(OH)–C–C–N with tert-alkyl or cyclic N) is 1. The Morgan fingerprint density at radius 1 is 1.22 bits per heavy atom. The SMILES string of the molecule is O=C(c1ccc(=O)[nH]c1)N1CC[C@@H](Oc2cccc3ncccc23)[C@H](O)C1. The number of aliphatic hydroxyl groups excluding tert-OH is 1. The number of amides is 1. The third-order valence-electron chi connectivity index (χ3n) is 4.72. The fourth-order valence-corrected chi connectivity index (χ4v) is 3.30. The number of H-pyrrole nitrogens is 1. The van der Waals surface area contributed by atoms with Crippen LogP contribution in [0.15, 0.2) is 59.7 Å². The highest BCUT2D eigenvalue weighted by Gasteiger charge is 2.32. The van der Waals surface area contributed by atoms with Gasteiger partial charge in [0.2, 0.25) is 5.56 Å². The van der Waals surface area contributed by atoms with Crippen LogP contribution in [0, 0.1) is 0 Å². The van der Waals surface area contributed by atoms with Crippen LogP contribution >= 0.6 is 0 Å². The highest BCUT2D eigenvalue weighted by Crippen LogP contribution is 2.27. The number of hydrogen-bond donors (Lipinski definition) is 2. The standard InChI is InChI=1S/C20H19N3O4/c24-16-12-23(20(26)13-6-7-19(25)22-11-13)10-8-18(16)27-17-5-1-4-15-14(17)3-2-9-21-15/h1-7,9,11,16,18,24H,8,10,12H2,(H,22,25)/t16-,18-/m1/s1. The molecule has 0 saturated carbocycles. The van der Waals surface area contributed by atoms with Crippen LogP contribution in [-0.2, 0) is 0 Å². The quantitative estimate of drug-likeness (QED) is 0.735. The van der Waals surface area contributed by atoms with Crippen LogP contribution in [0.4, 0.5) is 0 Å². The van der Waals surface area contributed by atoms with Gasteiger partial charge in [0.15, 0.2) is 0 Å². The smallest absolute Gasteiger partial charge is 0.255 e. The van der Waals surface area contributed by atoms with Gasteiger partial charge in [0.05, 0.1) is 17.6 Å². The molecule has 0 radical (unpaired) electrons. The number of fused-ring (bicyclic) bond motifs is 1. The minimum atomic E-state index is -0.808. The Kier molecular flexibility index (Phi) is 4.60. The Labute approximate surface area is 155 Å². The zero-order valence-electron chi connectivity index (χ0n) is 14.5. The van der Waals surface area contributed by atoms with Crippen LogP contribution in [-0.4, -0.2) is 51.2 Å². The Bertz CT molecular complexity index is 1010. The molecule has 27 heavy (non-hydrogen) atoms. The van der Waals surface area contributed by atoms with Crippen molar-refractivity contribution in [2.45, 2.75) is 18.6 Å². The molecule has 2 aromatic heterocycles. The van der Waals surface area contributed by atoms with Gasteiger partial charge in [-0.05, 0) is 30.3 Å². The predicted octanol–water partition coefficient (Wildman–Crippen LogP) is 1.58. The molecule has 1 aliphatic heterocycles. The molecule has 0 aliphatic carbocycles. The molecule has 3 aromatic rings. The number of nitrogens with one attached hydrogen (secondary N) is 1. The van der Waals surface area contributed by atoms with E-state index in [-0.39, 0.29) is 18.0 Å². The topological polar surface area (TPSA) is 95.5 Å². The van der Waals surface area contributed by atoms with Gasteiger partial charge in [0.25, 0.3) is 5.91 Å². The number of carbonyl (C=O) groups excluding carboxylic acids is 1. The van der Waals surface area contributed by atoms with Crippen LogP contribution in [0.1, 0.15) is 16.8 Å². The number of benzene rings is 1. The van der Waals surface area contributed by atoms with Crippen molar-refractivity contribution in [1.82, 2.24) is 14.9 Å². The molecule has 0 unspecified atom stereocenters. The van der Waals surface area contributed by atoms with Crippen molar-refractivity contribution in [3.63, 3.8) is 0 Å². The Morgan fingerprint density at radius 2 is 2.11 bits per heavy atom. The third-order valence-corrected chi connectivity index (χ3v) is 4.72. The van der Waals surface area contributed by atoms with Crippen LogP contribution in [0.25, 0.3) is 10.9 Å². The molecular formula is C20H19N3O4. The second-order valence-corrected chi connectivity index (χ2v) is 6.53. The van der Waals surface area contributed by atoms with E-state index < -0.39 is 12.2 Å². The van der Waals surface area contributed by atoms with Crippen molar-refractivity contribution in [2.24, 2.45) is 0 Å². The molecular weight excluding hydrogens is 346 g/mol. The Hall–Kier alpha value is -3.19. The lowest BCUT2D eigenvalue weighted by molar-refractivity contribution is -0.0193. The van der Waals surface area contributed by atoms with E-state index in [4.69, 9.17) is 4.74 Å². The molecule has 4 rings (SSSR count). The number of aliphatic hydroxyl groups is 1. The summed E-state index contributed by atoms with van der Waals surface area (Å²) < 4.78 is 6.05. The van der Waals surface area contributed by atoms with Crippen LogP contribution in [0.5, 0.6) is 5.75 Å². The minimum Gasteiger partial charge on any atom is -0.487 e. The molecule has 2 N–H and O–H groups in total. The van der Waals surface area contributed by atoms with E-state index in [1.165, 1.54) is 18.3 Å². The fraction of sp³-hybridized carbons (Fsp3) is 0.250. The van der Waals surface area contributed by atoms with Crippen molar-refractivity contribution in [3.8, 4) is 5.75 Å². The molecule has 1 aliphatic rings. The van der Waals surface area contributed by atoms with Gasteiger partial charge in [-0.2, -0.15) is 0 Å². The predicted molar refractivity (Wildman–Crippen MR) is 99.7 cm³/mol. The van der Waals surface area contributed by atoms with Crippen LogP contribution < -0.4 is 10.3 Å². The lowest BCUT2D eigenvalue weighted by atomic mass is 10.0. The highest BCUT2D eigenvalue weighted by molar-refractivity contribution is 5.94. The largest absolute Gasteiger partial charge is 0.487 e. The van der Waals surface area contributed by atoms with Gasteiger partial charge >= 0.3 is 0 Å². The first-order valence-electron chi connectivity index (χ1n) is 8.78. The average Bonchev–Trinajstić information content (AvgIpc) is 2.70. The van der Waals surface area contributed by atoms with E-state index in [1.807, 2.05) is 30.3 Å². The molecule has 2 atom stereocenters. The summed E-state index contributed by atoms with van der Waals surface area (Å²) in [5, 5.41) is 11.4. The summed E-state index contributed by atoms with van der Waals surface area (Å²) >= 11 is 0. The number of aromatic amines is 1. The van der Waals surface area contributed by atoms with Crippen molar-refractivity contribution in [1.29, 1.82) is 0 Å². The summed E-state index contributed by atoms with van der Waals surface area (Å²) in [7, 11) is 0. The molecule has 1 saturated heterocycles. The van der Waals surface area contributed by atoms with Crippen molar-refractivity contribution in [3.05, 3.63) is 70.8 Å². The number of likely N-dealkylation sites (tertiary alicyclic amines) is 1. The number of aromatic nitrogens is 2. The summed E-state index contributed by atoms with van der Waals surface area (Å²) in [4.78, 5) is 32.1. The summed E-state index contributed by atoms with van der Waals surface area (Å²) in [6, 6.07) is 12.2. The number of rotatable bonds is 3. The average molecular weight is 365 g/mol. The maximum atomic E-state index is 12.5. The molecule has 0 spiro atoms. The number of pyridine rings is 2. The number of piperidine rings is 1. The minimum absolute atomic E-state index is 0.172. The summed E-state index contributed by atoms with van der Waals surface area (Å²) in [6.07, 6.45) is 2.41. The van der Waals surface area contributed by atoms with Gasteiger partial charge in [-0.25, -0.2) is 0 Å². The summed E-state index contributed by atoms with van der Waals surface area (Å²) in [5.41, 5.74) is 0.958. The highest BCUT2D eigenvalue weighted by atomic mass is 16.5.